The summed E-state index contributed by atoms with van der Waals surface area (Å²) in [6, 6.07) is 18.1. The van der Waals surface area contributed by atoms with Crippen LogP contribution in [0.15, 0.2) is 66.9 Å². The topological polar surface area (TPSA) is 52.9 Å². The fourth-order valence-corrected chi connectivity index (χ4v) is 4.02. The maximum atomic E-state index is 13.8. The van der Waals surface area contributed by atoms with Crippen molar-refractivity contribution in [2.75, 3.05) is 36.4 Å². The molecular weight excluding hydrogens is 381 g/mol. The lowest BCUT2D eigenvalue weighted by Crippen LogP contribution is -2.38. The molecule has 2 amide bonds. The molecule has 1 fully saturated rings. The standard InChI is InChI=1S/C23H22FN5O/c24-17-9-10-20-19(16-17)26-22(21-8-4-13-29(20)21)27-11-5-12-28(15-14-27)23(30)25-18-6-2-1-3-7-18/h1-4,6-10,13,16H,5,11-12,14-15H2,(H,25,30). The van der Waals surface area contributed by atoms with Crippen molar-refractivity contribution < 1.29 is 9.18 Å². The van der Waals surface area contributed by atoms with Gasteiger partial charge in [-0.2, -0.15) is 0 Å². The number of amides is 2. The van der Waals surface area contributed by atoms with Gasteiger partial charge in [0.05, 0.1) is 16.6 Å². The molecule has 0 unspecified atom stereocenters. The van der Waals surface area contributed by atoms with Crippen LogP contribution in [0.5, 0.6) is 0 Å². The van der Waals surface area contributed by atoms with E-state index in [0.717, 1.165) is 35.5 Å². The van der Waals surface area contributed by atoms with E-state index in [1.807, 2.05) is 58.0 Å². The molecular formula is C23H22FN5O. The smallest absolute Gasteiger partial charge is 0.321 e. The minimum atomic E-state index is -0.299. The van der Waals surface area contributed by atoms with E-state index in [1.165, 1.54) is 12.1 Å². The van der Waals surface area contributed by atoms with Gasteiger partial charge in [-0.05, 0) is 42.8 Å². The number of urea groups is 1. The highest BCUT2D eigenvalue weighted by molar-refractivity contribution is 5.89. The highest BCUT2D eigenvalue weighted by Crippen LogP contribution is 2.26. The van der Waals surface area contributed by atoms with Crippen molar-refractivity contribution in [1.82, 2.24) is 14.3 Å². The molecule has 3 heterocycles. The second-order valence-corrected chi connectivity index (χ2v) is 7.46. The number of halogens is 1. The van der Waals surface area contributed by atoms with Crippen LogP contribution in [-0.4, -0.2) is 46.5 Å². The zero-order chi connectivity index (χ0) is 20.5. The Labute approximate surface area is 173 Å². The number of anilines is 2. The van der Waals surface area contributed by atoms with Crippen molar-refractivity contribution in [2.45, 2.75) is 6.42 Å². The second-order valence-electron chi connectivity index (χ2n) is 7.46. The highest BCUT2D eigenvalue weighted by Gasteiger charge is 2.22. The van der Waals surface area contributed by atoms with Crippen LogP contribution in [0.3, 0.4) is 0 Å². The van der Waals surface area contributed by atoms with E-state index in [4.69, 9.17) is 4.98 Å². The molecule has 4 aromatic rings. The lowest BCUT2D eigenvalue weighted by Gasteiger charge is -2.24. The molecule has 30 heavy (non-hydrogen) atoms. The van der Waals surface area contributed by atoms with Crippen LogP contribution in [0.2, 0.25) is 0 Å². The average molecular weight is 403 g/mol. The first-order valence-corrected chi connectivity index (χ1v) is 10.1. The van der Waals surface area contributed by atoms with Crippen molar-refractivity contribution in [1.29, 1.82) is 0 Å². The van der Waals surface area contributed by atoms with E-state index in [2.05, 4.69) is 10.2 Å². The largest absolute Gasteiger partial charge is 0.353 e. The zero-order valence-corrected chi connectivity index (χ0v) is 16.5. The molecule has 152 valence electrons. The van der Waals surface area contributed by atoms with E-state index in [1.54, 1.807) is 6.07 Å². The van der Waals surface area contributed by atoms with E-state index >= 15 is 0 Å². The molecule has 1 aliphatic rings. The van der Waals surface area contributed by atoms with Crippen LogP contribution < -0.4 is 10.2 Å². The highest BCUT2D eigenvalue weighted by atomic mass is 19.1. The molecule has 1 N–H and O–H groups in total. The van der Waals surface area contributed by atoms with Crippen LogP contribution in [0.1, 0.15) is 6.42 Å². The summed E-state index contributed by atoms with van der Waals surface area (Å²) in [5.41, 5.74) is 3.27. The number of nitrogens with one attached hydrogen (secondary N) is 1. The molecule has 6 nitrogen and oxygen atoms in total. The first-order chi connectivity index (χ1) is 14.7. The van der Waals surface area contributed by atoms with Crippen LogP contribution in [0, 0.1) is 5.82 Å². The summed E-state index contributed by atoms with van der Waals surface area (Å²) in [6.07, 6.45) is 2.80. The molecule has 2 aromatic carbocycles. The summed E-state index contributed by atoms with van der Waals surface area (Å²) in [4.78, 5) is 21.5. The molecule has 0 atom stereocenters. The number of benzene rings is 2. The normalized spacial score (nSPS) is 14.8. The van der Waals surface area contributed by atoms with Gasteiger partial charge in [0.15, 0.2) is 5.82 Å². The molecule has 0 aliphatic carbocycles. The van der Waals surface area contributed by atoms with Gasteiger partial charge in [-0.15, -0.1) is 0 Å². The maximum absolute atomic E-state index is 13.8. The monoisotopic (exact) mass is 403 g/mol. The summed E-state index contributed by atoms with van der Waals surface area (Å²) in [7, 11) is 0. The second kappa shape index (κ2) is 7.67. The van der Waals surface area contributed by atoms with Crippen LogP contribution in [-0.2, 0) is 0 Å². The summed E-state index contributed by atoms with van der Waals surface area (Å²) in [5, 5.41) is 2.96. The van der Waals surface area contributed by atoms with Gasteiger partial charge in [-0.25, -0.2) is 14.2 Å². The van der Waals surface area contributed by atoms with Gasteiger partial charge in [0.2, 0.25) is 0 Å². The van der Waals surface area contributed by atoms with Crippen LogP contribution in [0.25, 0.3) is 16.6 Å². The lowest BCUT2D eigenvalue weighted by molar-refractivity contribution is 0.215. The predicted molar refractivity (Wildman–Crippen MR) is 117 cm³/mol. The molecule has 5 rings (SSSR count). The SMILES string of the molecule is O=C(Nc1ccccc1)N1CCCN(c2nc3cc(F)ccc3n3cccc23)CC1. The first-order valence-electron chi connectivity index (χ1n) is 10.1. The number of para-hydroxylation sites is 1. The lowest BCUT2D eigenvalue weighted by atomic mass is 10.2. The predicted octanol–water partition coefficient (Wildman–Crippen LogP) is 4.37. The summed E-state index contributed by atoms with van der Waals surface area (Å²) in [5.74, 6) is 0.524. The van der Waals surface area contributed by atoms with E-state index in [9.17, 15) is 9.18 Å². The third kappa shape index (κ3) is 3.43. The number of carbonyl (C=O) groups excluding carboxylic acids is 1. The molecule has 0 bridgehead atoms. The first kappa shape index (κ1) is 18.4. The van der Waals surface area contributed by atoms with Crippen LogP contribution >= 0.6 is 0 Å². The Morgan fingerprint density at radius 3 is 2.67 bits per heavy atom. The zero-order valence-electron chi connectivity index (χ0n) is 16.5. The van der Waals surface area contributed by atoms with E-state index < -0.39 is 0 Å². The number of nitrogens with zero attached hydrogens (tertiary/aromatic N) is 4. The fourth-order valence-electron chi connectivity index (χ4n) is 4.02. The van der Waals surface area contributed by atoms with Crippen molar-refractivity contribution in [3.63, 3.8) is 0 Å². The summed E-state index contributed by atoms with van der Waals surface area (Å²) in [6.45, 7) is 2.71. The molecule has 0 spiro atoms. The molecule has 0 saturated carbocycles. The van der Waals surface area contributed by atoms with Crippen molar-refractivity contribution in [2.24, 2.45) is 0 Å². The van der Waals surface area contributed by atoms with E-state index in [0.29, 0.717) is 25.2 Å². The fraction of sp³-hybridized carbons (Fsp3) is 0.217. The number of fused-ring (bicyclic) bond motifs is 3. The molecule has 7 heteroatoms. The third-order valence-corrected chi connectivity index (χ3v) is 5.51. The third-order valence-electron chi connectivity index (χ3n) is 5.51. The number of rotatable bonds is 2. The summed E-state index contributed by atoms with van der Waals surface area (Å²) < 4.78 is 15.9. The minimum absolute atomic E-state index is 0.0931. The summed E-state index contributed by atoms with van der Waals surface area (Å²) >= 11 is 0. The Hall–Kier alpha value is -3.61. The van der Waals surface area contributed by atoms with Crippen molar-refractivity contribution in [3.8, 4) is 0 Å². The Morgan fingerprint density at radius 1 is 0.933 bits per heavy atom. The number of carbonyl (C=O) groups is 1. The van der Waals surface area contributed by atoms with E-state index in [-0.39, 0.29) is 11.8 Å². The van der Waals surface area contributed by atoms with Crippen molar-refractivity contribution in [3.05, 3.63) is 72.7 Å². The Bertz CT molecular complexity index is 1210. The van der Waals surface area contributed by atoms with Gasteiger partial charge in [-0.1, -0.05) is 18.2 Å². The number of hydrogen-bond donors (Lipinski definition) is 1. The van der Waals surface area contributed by atoms with Gasteiger partial charge >= 0.3 is 6.03 Å². The Kier molecular flexibility index (Phi) is 4.71. The number of hydrogen-bond acceptors (Lipinski definition) is 3. The van der Waals surface area contributed by atoms with Gasteiger partial charge in [-0.3, -0.25) is 0 Å². The molecule has 1 aliphatic heterocycles. The Balaban J connectivity index is 1.39. The van der Waals surface area contributed by atoms with Crippen LogP contribution in [0.4, 0.5) is 20.7 Å². The maximum Gasteiger partial charge on any atom is 0.321 e. The van der Waals surface area contributed by atoms with Gasteiger partial charge in [0.25, 0.3) is 0 Å². The minimum Gasteiger partial charge on any atom is -0.353 e. The Morgan fingerprint density at radius 2 is 1.80 bits per heavy atom. The molecule has 2 aromatic heterocycles. The van der Waals surface area contributed by atoms with Gasteiger partial charge in [0, 0.05) is 44.1 Å². The van der Waals surface area contributed by atoms with Gasteiger partial charge in [0.1, 0.15) is 5.82 Å². The van der Waals surface area contributed by atoms with Crippen molar-refractivity contribution >= 4 is 34.1 Å². The molecule has 1 saturated heterocycles. The molecule has 0 radical (unpaired) electrons. The quantitative estimate of drug-likeness (QED) is 0.541. The van der Waals surface area contributed by atoms with Gasteiger partial charge < -0.3 is 19.5 Å². The average Bonchev–Trinajstić information content (AvgIpc) is 3.11. The number of aromatic nitrogens is 2.